The van der Waals surface area contributed by atoms with E-state index < -0.39 is 18.1 Å². The molecule has 0 spiro atoms. The molecule has 0 aliphatic carbocycles. The van der Waals surface area contributed by atoms with E-state index in [2.05, 4.69) is 19.2 Å². The number of nitrogens with one attached hydrogen (secondary N) is 1. The van der Waals surface area contributed by atoms with Crippen LogP contribution in [0.15, 0.2) is 0 Å². The lowest BCUT2D eigenvalue weighted by Crippen LogP contribution is -2.44. The van der Waals surface area contributed by atoms with Gasteiger partial charge in [-0.05, 0) is 44.4 Å². The zero-order valence-electron chi connectivity index (χ0n) is 14.6. The van der Waals surface area contributed by atoms with Gasteiger partial charge in [-0.25, -0.2) is 0 Å². The minimum absolute atomic E-state index is 0.208. The Kier molecular flexibility index (Phi) is 9.03. The topological polar surface area (TPSA) is 69.6 Å². The lowest BCUT2D eigenvalue weighted by molar-refractivity contribution is -0.133. The van der Waals surface area contributed by atoms with Crippen LogP contribution in [-0.4, -0.2) is 34.9 Å². The molecule has 1 aliphatic rings. The largest absolute Gasteiger partial charge is 0.392 e. The molecular formula is C18H35NO3. The first kappa shape index (κ1) is 19.4. The van der Waals surface area contributed by atoms with E-state index in [0.717, 1.165) is 25.2 Å². The third-order valence-corrected chi connectivity index (χ3v) is 5.17. The van der Waals surface area contributed by atoms with Gasteiger partial charge in [0.2, 0.25) is 5.91 Å². The molecule has 5 atom stereocenters. The van der Waals surface area contributed by atoms with E-state index in [1.165, 1.54) is 25.7 Å². The zero-order chi connectivity index (χ0) is 16.5. The van der Waals surface area contributed by atoms with Crippen molar-refractivity contribution in [3.05, 3.63) is 0 Å². The predicted octanol–water partition coefficient (Wildman–Crippen LogP) is 2.87. The highest BCUT2D eigenvalue weighted by Gasteiger charge is 2.31. The first-order valence-electron chi connectivity index (χ1n) is 9.09. The van der Waals surface area contributed by atoms with E-state index in [-0.39, 0.29) is 5.91 Å². The molecule has 1 aliphatic heterocycles. The molecule has 0 unspecified atom stereocenters. The molecule has 4 heteroatoms. The molecule has 22 heavy (non-hydrogen) atoms. The molecule has 4 nitrogen and oxygen atoms in total. The molecule has 1 fully saturated rings. The smallest absolute Gasteiger partial charge is 0.228 e. The van der Waals surface area contributed by atoms with Gasteiger partial charge in [0.15, 0.2) is 0 Å². The maximum absolute atomic E-state index is 12.2. The summed E-state index contributed by atoms with van der Waals surface area (Å²) < 4.78 is 0. The maximum Gasteiger partial charge on any atom is 0.228 e. The van der Waals surface area contributed by atoms with Gasteiger partial charge in [0.25, 0.3) is 0 Å². The summed E-state index contributed by atoms with van der Waals surface area (Å²) in [5.74, 6) is 0.398. The van der Waals surface area contributed by atoms with Crippen molar-refractivity contribution in [1.82, 2.24) is 5.32 Å². The lowest BCUT2D eigenvalue weighted by Gasteiger charge is -2.26. The second-order valence-corrected chi connectivity index (χ2v) is 7.15. The number of hydrogen-bond acceptors (Lipinski definition) is 3. The van der Waals surface area contributed by atoms with Gasteiger partial charge in [-0.2, -0.15) is 0 Å². The number of aliphatic hydroxyl groups excluding tert-OH is 2. The molecule has 0 radical (unpaired) electrons. The van der Waals surface area contributed by atoms with E-state index in [4.69, 9.17) is 0 Å². The Morgan fingerprint density at radius 3 is 2.50 bits per heavy atom. The van der Waals surface area contributed by atoms with E-state index in [9.17, 15) is 15.0 Å². The van der Waals surface area contributed by atoms with Gasteiger partial charge in [0.05, 0.1) is 18.1 Å². The lowest BCUT2D eigenvalue weighted by atomic mass is 9.87. The van der Waals surface area contributed by atoms with Crippen LogP contribution in [0.1, 0.15) is 72.1 Å². The summed E-state index contributed by atoms with van der Waals surface area (Å²) in [4.78, 5) is 12.2. The summed E-state index contributed by atoms with van der Waals surface area (Å²) in [6.45, 7) is 6.70. The van der Waals surface area contributed by atoms with E-state index >= 15 is 0 Å². The van der Waals surface area contributed by atoms with Crippen LogP contribution in [0, 0.1) is 17.8 Å². The van der Waals surface area contributed by atoms with E-state index in [0.29, 0.717) is 18.9 Å². The van der Waals surface area contributed by atoms with Crippen LogP contribution in [0.3, 0.4) is 0 Å². The third kappa shape index (κ3) is 6.66. The first-order chi connectivity index (χ1) is 10.5. The standard InChI is InChI=1S/C18H35NO3/c1-4-15-8-5-7-13(2)10-11-16(21)17(14(3)20)18(22)19-12-6-9-15/h13-17,20-21H,4-12H2,1-3H3,(H,19,22)/t13-,14+,15+,16+,17-/m1/s1. The second-order valence-electron chi connectivity index (χ2n) is 7.15. The molecular weight excluding hydrogens is 278 g/mol. The quantitative estimate of drug-likeness (QED) is 0.734. The molecule has 1 rings (SSSR count). The Balaban J connectivity index is 2.67. The molecule has 1 heterocycles. The highest BCUT2D eigenvalue weighted by atomic mass is 16.3. The van der Waals surface area contributed by atoms with Crippen molar-refractivity contribution in [3.8, 4) is 0 Å². The average molecular weight is 313 g/mol. The van der Waals surface area contributed by atoms with Crippen molar-refractivity contribution in [2.45, 2.75) is 84.3 Å². The highest BCUT2D eigenvalue weighted by molar-refractivity contribution is 5.79. The van der Waals surface area contributed by atoms with Crippen molar-refractivity contribution in [2.24, 2.45) is 17.8 Å². The number of amides is 1. The van der Waals surface area contributed by atoms with Crippen LogP contribution in [-0.2, 0) is 4.79 Å². The molecule has 0 aromatic heterocycles. The maximum atomic E-state index is 12.2. The van der Waals surface area contributed by atoms with Crippen LogP contribution >= 0.6 is 0 Å². The molecule has 1 amide bonds. The fourth-order valence-corrected chi connectivity index (χ4v) is 3.52. The summed E-state index contributed by atoms with van der Waals surface area (Å²) in [5.41, 5.74) is 0. The number of carbonyl (C=O) groups is 1. The van der Waals surface area contributed by atoms with Crippen LogP contribution in [0.2, 0.25) is 0 Å². The van der Waals surface area contributed by atoms with E-state index in [1.807, 2.05) is 0 Å². The molecule has 0 aromatic carbocycles. The summed E-state index contributed by atoms with van der Waals surface area (Å²) in [5, 5.41) is 23.0. The van der Waals surface area contributed by atoms with E-state index in [1.54, 1.807) is 6.92 Å². The number of aliphatic hydroxyl groups is 2. The molecule has 1 saturated heterocycles. The number of rotatable bonds is 2. The molecule has 0 bridgehead atoms. The van der Waals surface area contributed by atoms with Crippen molar-refractivity contribution in [2.75, 3.05) is 6.54 Å². The SMILES string of the molecule is CC[C@@H]1CCCNC(=O)[C@H]([C@H](C)O)[C@@H](O)CC[C@H](C)CCC1. The Labute approximate surface area is 135 Å². The molecule has 3 N–H and O–H groups in total. The zero-order valence-corrected chi connectivity index (χ0v) is 14.6. The number of carbonyl (C=O) groups excluding carboxylic acids is 1. The third-order valence-electron chi connectivity index (χ3n) is 5.17. The van der Waals surface area contributed by atoms with Gasteiger partial charge in [0, 0.05) is 6.54 Å². The van der Waals surface area contributed by atoms with Gasteiger partial charge < -0.3 is 15.5 Å². The fourth-order valence-electron chi connectivity index (χ4n) is 3.52. The van der Waals surface area contributed by atoms with Gasteiger partial charge in [-0.15, -0.1) is 0 Å². The summed E-state index contributed by atoms with van der Waals surface area (Å²) in [6.07, 6.45) is 6.96. The number of hydrogen-bond donors (Lipinski definition) is 3. The monoisotopic (exact) mass is 313 g/mol. The Bertz CT molecular complexity index is 319. The van der Waals surface area contributed by atoms with Crippen LogP contribution < -0.4 is 5.32 Å². The molecule has 0 aromatic rings. The van der Waals surface area contributed by atoms with Crippen LogP contribution in [0.4, 0.5) is 0 Å². The summed E-state index contributed by atoms with van der Waals surface area (Å²) >= 11 is 0. The van der Waals surface area contributed by atoms with Crippen molar-refractivity contribution in [3.63, 3.8) is 0 Å². The van der Waals surface area contributed by atoms with Gasteiger partial charge in [0.1, 0.15) is 0 Å². The normalized spacial score (nSPS) is 34.5. The first-order valence-corrected chi connectivity index (χ1v) is 9.09. The van der Waals surface area contributed by atoms with Crippen LogP contribution in [0.5, 0.6) is 0 Å². The fraction of sp³-hybridized carbons (Fsp3) is 0.944. The van der Waals surface area contributed by atoms with Crippen molar-refractivity contribution >= 4 is 5.91 Å². The Morgan fingerprint density at radius 1 is 1.18 bits per heavy atom. The van der Waals surface area contributed by atoms with Crippen LogP contribution in [0.25, 0.3) is 0 Å². The minimum Gasteiger partial charge on any atom is -0.392 e. The Hall–Kier alpha value is -0.610. The van der Waals surface area contributed by atoms with Gasteiger partial charge in [-0.1, -0.05) is 39.5 Å². The highest BCUT2D eigenvalue weighted by Crippen LogP contribution is 2.24. The average Bonchev–Trinajstić information content (AvgIpc) is 2.46. The summed E-state index contributed by atoms with van der Waals surface area (Å²) in [6, 6.07) is 0. The summed E-state index contributed by atoms with van der Waals surface area (Å²) in [7, 11) is 0. The molecule has 0 saturated carbocycles. The van der Waals surface area contributed by atoms with Gasteiger partial charge >= 0.3 is 0 Å². The van der Waals surface area contributed by atoms with Crippen molar-refractivity contribution in [1.29, 1.82) is 0 Å². The van der Waals surface area contributed by atoms with Gasteiger partial charge in [-0.3, -0.25) is 4.79 Å². The predicted molar refractivity (Wildman–Crippen MR) is 89.5 cm³/mol. The minimum atomic E-state index is -0.818. The molecule has 130 valence electrons. The Morgan fingerprint density at radius 2 is 1.86 bits per heavy atom. The second kappa shape index (κ2) is 10.2. The van der Waals surface area contributed by atoms with Crippen molar-refractivity contribution < 1.29 is 15.0 Å².